The molecule has 2 aromatic carbocycles. The topological polar surface area (TPSA) is 37.4 Å². The molecule has 4 aromatic rings. The summed E-state index contributed by atoms with van der Waals surface area (Å²) >= 11 is 7.65. The van der Waals surface area contributed by atoms with E-state index in [1.807, 2.05) is 12.1 Å². The molecular weight excluding hydrogens is 433 g/mol. The van der Waals surface area contributed by atoms with Crippen molar-refractivity contribution in [2.75, 3.05) is 31.6 Å². The van der Waals surface area contributed by atoms with Gasteiger partial charge in [0.05, 0.1) is 24.4 Å². The van der Waals surface area contributed by atoms with Crippen molar-refractivity contribution in [1.29, 1.82) is 0 Å². The Kier molecular flexibility index (Phi) is 5.87. The van der Waals surface area contributed by atoms with Crippen molar-refractivity contribution in [3.05, 3.63) is 75.8 Å². The highest BCUT2D eigenvalue weighted by molar-refractivity contribution is 7.10. The van der Waals surface area contributed by atoms with Gasteiger partial charge in [-0.1, -0.05) is 23.7 Å². The summed E-state index contributed by atoms with van der Waals surface area (Å²) in [6, 6.07) is 14.9. The molecule has 7 heteroatoms. The molecule has 1 N–H and O–H groups in total. The number of nitrogens with one attached hydrogen (secondary N) is 1. The van der Waals surface area contributed by atoms with Gasteiger partial charge in [-0.05, 0) is 52.9 Å². The van der Waals surface area contributed by atoms with Gasteiger partial charge < -0.3 is 10.1 Å². The Hall–Kier alpha value is -2.51. The number of fused-ring (bicyclic) bond motifs is 1. The third-order valence-corrected chi connectivity index (χ3v) is 6.57. The molecule has 0 radical (unpaired) electrons. The highest BCUT2D eigenvalue weighted by Crippen LogP contribution is 2.32. The SMILES string of the molecule is Fc1cc(Cl)ccc1Nc1ccnc2cc(-c3csc(CN4CCOCC4)c3)ccc12. The normalized spacial score (nSPS) is 14.8. The number of thiophene rings is 1. The van der Waals surface area contributed by atoms with Gasteiger partial charge in [0.1, 0.15) is 5.82 Å². The fourth-order valence-corrected chi connectivity index (χ4v) is 4.86. The molecule has 2 aromatic heterocycles. The zero-order valence-electron chi connectivity index (χ0n) is 16.8. The number of ether oxygens (including phenoxy) is 1. The Morgan fingerprint density at radius 1 is 1.03 bits per heavy atom. The van der Waals surface area contributed by atoms with E-state index in [2.05, 4.69) is 38.8 Å². The number of benzene rings is 2. The minimum Gasteiger partial charge on any atom is -0.379 e. The summed E-state index contributed by atoms with van der Waals surface area (Å²) in [6.45, 7) is 4.55. The predicted molar refractivity (Wildman–Crippen MR) is 126 cm³/mol. The van der Waals surface area contributed by atoms with Gasteiger partial charge in [-0.15, -0.1) is 11.3 Å². The zero-order chi connectivity index (χ0) is 21.2. The van der Waals surface area contributed by atoms with Crippen molar-refractivity contribution < 1.29 is 9.13 Å². The summed E-state index contributed by atoms with van der Waals surface area (Å²) in [5, 5.41) is 6.67. The molecule has 0 bridgehead atoms. The molecule has 158 valence electrons. The number of anilines is 2. The van der Waals surface area contributed by atoms with E-state index in [1.54, 1.807) is 29.7 Å². The number of halogens is 2. The molecule has 0 saturated carbocycles. The van der Waals surface area contributed by atoms with Crippen molar-refractivity contribution in [2.24, 2.45) is 0 Å². The standard InChI is InChI=1S/C24H21ClFN3OS/c25-18-2-4-23(21(26)13-18)28-22-5-6-27-24-12-16(1-3-20(22)24)17-11-19(31-15-17)14-29-7-9-30-10-8-29/h1-6,11-13,15H,7-10,14H2,(H,27,28). The van der Waals surface area contributed by atoms with Crippen LogP contribution in [0.1, 0.15) is 4.88 Å². The van der Waals surface area contributed by atoms with E-state index in [4.69, 9.17) is 16.3 Å². The van der Waals surface area contributed by atoms with Gasteiger partial charge in [0, 0.05) is 46.8 Å². The summed E-state index contributed by atoms with van der Waals surface area (Å²) in [7, 11) is 0. The van der Waals surface area contributed by atoms with Gasteiger partial charge in [0.2, 0.25) is 0 Å². The van der Waals surface area contributed by atoms with Crippen LogP contribution in [0.15, 0.2) is 60.1 Å². The highest BCUT2D eigenvalue weighted by atomic mass is 35.5. The van der Waals surface area contributed by atoms with Gasteiger partial charge >= 0.3 is 0 Å². The van der Waals surface area contributed by atoms with Crippen molar-refractivity contribution in [1.82, 2.24) is 9.88 Å². The van der Waals surface area contributed by atoms with Gasteiger partial charge in [0.25, 0.3) is 0 Å². The first-order chi connectivity index (χ1) is 15.2. The molecule has 5 rings (SSSR count). The van der Waals surface area contributed by atoms with Crippen LogP contribution in [0.2, 0.25) is 5.02 Å². The lowest BCUT2D eigenvalue weighted by Crippen LogP contribution is -2.35. The second-order valence-electron chi connectivity index (χ2n) is 7.53. The second kappa shape index (κ2) is 8.93. The predicted octanol–water partition coefficient (Wildman–Crippen LogP) is 6.33. The fourth-order valence-electron chi connectivity index (χ4n) is 3.77. The number of pyridine rings is 1. The molecule has 1 saturated heterocycles. The van der Waals surface area contributed by atoms with Gasteiger partial charge in [-0.3, -0.25) is 9.88 Å². The maximum Gasteiger partial charge on any atom is 0.148 e. The van der Waals surface area contributed by atoms with Crippen LogP contribution in [0.5, 0.6) is 0 Å². The van der Waals surface area contributed by atoms with Crippen LogP contribution in [-0.4, -0.2) is 36.2 Å². The molecule has 0 spiro atoms. The maximum absolute atomic E-state index is 14.2. The molecule has 0 unspecified atom stereocenters. The number of hydrogen-bond donors (Lipinski definition) is 1. The van der Waals surface area contributed by atoms with E-state index < -0.39 is 0 Å². The van der Waals surface area contributed by atoms with Crippen LogP contribution in [0.25, 0.3) is 22.0 Å². The lowest BCUT2D eigenvalue weighted by Gasteiger charge is -2.25. The summed E-state index contributed by atoms with van der Waals surface area (Å²) in [5.41, 5.74) is 4.36. The van der Waals surface area contributed by atoms with E-state index in [0.717, 1.165) is 55.0 Å². The molecule has 1 aliphatic heterocycles. The van der Waals surface area contributed by atoms with E-state index in [1.165, 1.54) is 16.5 Å². The number of morpholine rings is 1. The van der Waals surface area contributed by atoms with Crippen molar-refractivity contribution in [3.63, 3.8) is 0 Å². The Morgan fingerprint density at radius 2 is 1.90 bits per heavy atom. The monoisotopic (exact) mass is 453 g/mol. The molecule has 31 heavy (non-hydrogen) atoms. The quantitative estimate of drug-likeness (QED) is 0.383. The molecule has 0 amide bonds. The van der Waals surface area contributed by atoms with Crippen LogP contribution in [0, 0.1) is 5.82 Å². The molecule has 4 nitrogen and oxygen atoms in total. The molecule has 3 heterocycles. The number of rotatable bonds is 5. The van der Waals surface area contributed by atoms with E-state index >= 15 is 0 Å². The average Bonchev–Trinajstić information content (AvgIpc) is 3.25. The third-order valence-electron chi connectivity index (χ3n) is 5.41. The molecule has 1 fully saturated rings. The summed E-state index contributed by atoms with van der Waals surface area (Å²) in [5.74, 6) is -0.389. The minimum absolute atomic E-state index is 0.371. The van der Waals surface area contributed by atoms with Crippen molar-refractivity contribution in [3.8, 4) is 11.1 Å². The average molecular weight is 454 g/mol. The van der Waals surface area contributed by atoms with Crippen LogP contribution < -0.4 is 5.32 Å². The summed E-state index contributed by atoms with van der Waals surface area (Å²) in [6.07, 6.45) is 1.74. The second-order valence-corrected chi connectivity index (χ2v) is 8.96. The van der Waals surface area contributed by atoms with Crippen LogP contribution in [-0.2, 0) is 11.3 Å². The molecular formula is C24H21ClFN3OS. The minimum atomic E-state index is -0.389. The zero-order valence-corrected chi connectivity index (χ0v) is 18.3. The lowest BCUT2D eigenvalue weighted by atomic mass is 10.0. The fraction of sp³-hybridized carbons (Fsp3) is 0.208. The van der Waals surface area contributed by atoms with E-state index in [0.29, 0.717) is 10.7 Å². The smallest absolute Gasteiger partial charge is 0.148 e. The first-order valence-electron chi connectivity index (χ1n) is 10.1. The highest BCUT2D eigenvalue weighted by Gasteiger charge is 2.13. The molecule has 0 atom stereocenters. The van der Waals surface area contributed by atoms with E-state index in [9.17, 15) is 4.39 Å². The Labute approximate surface area is 189 Å². The van der Waals surface area contributed by atoms with Crippen molar-refractivity contribution in [2.45, 2.75) is 6.54 Å². The Balaban J connectivity index is 1.39. The van der Waals surface area contributed by atoms with Crippen LogP contribution in [0.3, 0.4) is 0 Å². The van der Waals surface area contributed by atoms with Gasteiger partial charge in [0.15, 0.2) is 0 Å². The van der Waals surface area contributed by atoms with E-state index in [-0.39, 0.29) is 5.82 Å². The Morgan fingerprint density at radius 3 is 2.74 bits per heavy atom. The number of aromatic nitrogens is 1. The number of hydrogen-bond acceptors (Lipinski definition) is 5. The summed E-state index contributed by atoms with van der Waals surface area (Å²) in [4.78, 5) is 8.30. The first kappa shape index (κ1) is 20.4. The van der Waals surface area contributed by atoms with Gasteiger partial charge in [-0.2, -0.15) is 0 Å². The maximum atomic E-state index is 14.2. The third kappa shape index (κ3) is 4.57. The summed E-state index contributed by atoms with van der Waals surface area (Å²) < 4.78 is 19.7. The largest absolute Gasteiger partial charge is 0.379 e. The Bertz CT molecular complexity index is 1220. The molecule has 1 aliphatic rings. The van der Waals surface area contributed by atoms with Crippen molar-refractivity contribution >= 4 is 45.2 Å². The van der Waals surface area contributed by atoms with Gasteiger partial charge in [-0.25, -0.2) is 4.39 Å². The first-order valence-corrected chi connectivity index (χ1v) is 11.4. The van der Waals surface area contributed by atoms with Crippen LogP contribution >= 0.6 is 22.9 Å². The molecule has 0 aliphatic carbocycles. The lowest BCUT2D eigenvalue weighted by molar-refractivity contribution is 0.0346. The number of nitrogens with zero attached hydrogens (tertiary/aromatic N) is 2. The van der Waals surface area contributed by atoms with Crippen LogP contribution in [0.4, 0.5) is 15.8 Å².